The summed E-state index contributed by atoms with van der Waals surface area (Å²) in [6.45, 7) is 6.97. The van der Waals surface area contributed by atoms with E-state index in [1.165, 1.54) is 16.7 Å². The molecule has 4 heteroatoms. The van der Waals surface area contributed by atoms with E-state index in [1.807, 2.05) is 38.2 Å². The van der Waals surface area contributed by atoms with Gasteiger partial charge >= 0.3 is 0 Å². The fraction of sp³-hybridized carbons (Fsp3) is 0.350. The van der Waals surface area contributed by atoms with Crippen LogP contribution in [0.1, 0.15) is 23.6 Å². The first-order valence-electron chi connectivity index (χ1n) is 8.24. The zero-order chi connectivity index (χ0) is 17.7. The Morgan fingerprint density at radius 1 is 1.21 bits per heavy atom. The number of methoxy groups -OCH3 is 1. The number of hydrogen-bond donors (Lipinski definition) is 2. The molecule has 1 unspecified atom stereocenters. The van der Waals surface area contributed by atoms with Gasteiger partial charge in [-0.25, -0.2) is 0 Å². The van der Waals surface area contributed by atoms with Gasteiger partial charge in [-0.2, -0.15) is 0 Å². The van der Waals surface area contributed by atoms with Crippen LogP contribution >= 0.6 is 0 Å². The summed E-state index contributed by atoms with van der Waals surface area (Å²) in [6.07, 6.45) is 0. The lowest BCUT2D eigenvalue weighted by Gasteiger charge is -2.22. The molecule has 2 aromatic carbocycles. The minimum Gasteiger partial charge on any atom is -0.495 e. The Morgan fingerprint density at radius 2 is 1.92 bits per heavy atom. The second kappa shape index (κ2) is 7.97. The Morgan fingerprint density at radius 3 is 2.58 bits per heavy atom. The second-order valence-electron chi connectivity index (χ2n) is 6.36. The van der Waals surface area contributed by atoms with Crippen LogP contribution in [-0.4, -0.2) is 26.1 Å². The summed E-state index contributed by atoms with van der Waals surface area (Å²) < 4.78 is 5.29. The number of quaternary nitrogens is 1. The second-order valence-corrected chi connectivity index (χ2v) is 6.36. The number of ether oxygens (including phenoxy) is 1. The van der Waals surface area contributed by atoms with Gasteiger partial charge < -0.3 is 15.0 Å². The molecule has 0 saturated heterocycles. The van der Waals surface area contributed by atoms with Gasteiger partial charge in [0.05, 0.1) is 19.8 Å². The van der Waals surface area contributed by atoms with Crippen molar-refractivity contribution in [2.24, 2.45) is 0 Å². The monoisotopic (exact) mass is 327 g/mol. The predicted molar refractivity (Wildman–Crippen MR) is 97.6 cm³/mol. The van der Waals surface area contributed by atoms with Gasteiger partial charge in [0.2, 0.25) is 0 Å². The average molecular weight is 327 g/mol. The molecule has 0 aliphatic rings. The van der Waals surface area contributed by atoms with Crippen LogP contribution in [0.4, 0.5) is 5.69 Å². The van der Waals surface area contributed by atoms with Crippen LogP contribution in [0.25, 0.3) is 0 Å². The van der Waals surface area contributed by atoms with Gasteiger partial charge in [-0.1, -0.05) is 35.9 Å². The molecular formula is C20H27N2O2+. The van der Waals surface area contributed by atoms with E-state index >= 15 is 0 Å². The maximum absolute atomic E-state index is 12.6. The Kier molecular flexibility index (Phi) is 5.99. The van der Waals surface area contributed by atoms with Crippen molar-refractivity contribution >= 4 is 11.6 Å². The van der Waals surface area contributed by atoms with E-state index in [1.54, 1.807) is 7.11 Å². The molecule has 2 rings (SSSR count). The van der Waals surface area contributed by atoms with Crippen molar-refractivity contribution in [1.82, 2.24) is 0 Å². The highest BCUT2D eigenvalue weighted by Gasteiger charge is 2.23. The number of hydrogen-bond acceptors (Lipinski definition) is 2. The summed E-state index contributed by atoms with van der Waals surface area (Å²) in [5.41, 5.74) is 4.51. The number of aryl methyl sites for hydroxylation is 2. The number of anilines is 1. The van der Waals surface area contributed by atoms with E-state index in [4.69, 9.17) is 4.74 Å². The van der Waals surface area contributed by atoms with Crippen LogP contribution in [0, 0.1) is 13.8 Å². The molecule has 4 nitrogen and oxygen atoms in total. The maximum Gasteiger partial charge on any atom is 0.282 e. The summed E-state index contributed by atoms with van der Waals surface area (Å²) in [7, 11) is 3.65. The van der Waals surface area contributed by atoms with E-state index in [0.717, 1.165) is 11.4 Å². The van der Waals surface area contributed by atoms with Crippen molar-refractivity contribution in [2.75, 3.05) is 19.5 Å². The molecule has 2 N–H and O–H groups in total. The lowest BCUT2D eigenvalue weighted by atomic mass is 10.0. The van der Waals surface area contributed by atoms with Crippen LogP contribution in [0.3, 0.4) is 0 Å². The number of nitrogens with one attached hydrogen (secondary N) is 2. The van der Waals surface area contributed by atoms with Gasteiger partial charge in [0.25, 0.3) is 5.91 Å². The van der Waals surface area contributed by atoms with Crippen molar-refractivity contribution in [1.29, 1.82) is 0 Å². The summed E-state index contributed by atoms with van der Waals surface area (Å²) in [5, 5.41) is 2.97. The van der Waals surface area contributed by atoms with Crippen LogP contribution in [-0.2, 0) is 11.3 Å². The first-order valence-corrected chi connectivity index (χ1v) is 8.24. The molecule has 0 fully saturated rings. The Bertz CT molecular complexity index is 713. The minimum atomic E-state index is -0.171. The number of carbonyl (C=O) groups excluding carboxylic acids is 1. The first-order chi connectivity index (χ1) is 11.4. The molecule has 0 radical (unpaired) electrons. The predicted octanol–water partition coefficient (Wildman–Crippen LogP) is 2.35. The molecule has 1 amide bonds. The third-order valence-corrected chi connectivity index (χ3v) is 4.46. The van der Waals surface area contributed by atoms with E-state index in [0.29, 0.717) is 11.4 Å². The first kappa shape index (κ1) is 18.0. The van der Waals surface area contributed by atoms with E-state index in [-0.39, 0.29) is 11.9 Å². The fourth-order valence-electron chi connectivity index (χ4n) is 2.71. The SMILES string of the molecule is COc1ccccc1NC(=O)[C@@H](C)[NH+](C)Cc1ccc(C)cc1C. The molecule has 2 aromatic rings. The topological polar surface area (TPSA) is 42.8 Å². The standard InChI is InChI=1S/C20H26N2O2/c1-14-10-11-17(15(2)12-14)13-22(4)16(3)20(23)21-18-8-6-7-9-19(18)24-5/h6-12,16H,13H2,1-5H3,(H,21,23)/p+1/t16-/m1/s1. The maximum atomic E-state index is 12.6. The van der Waals surface area contributed by atoms with E-state index in [2.05, 4.69) is 37.4 Å². The Balaban J connectivity index is 2.04. The molecule has 0 aliphatic carbocycles. The van der Waals surface area contributed by atoms with E-state index in [9.17, 15) is 4.79 Å². The van der Waals surface area contributed by atoms with Crippen molar-refractivity contribution in [2.45, 2.75) is 33.4 Å². The summed E-state index contributed by atoms with van der Waals surface area (Å²) >= 11 is 0. The lowest BCUT2D eigenvalue weighted by Crippen LogP contribution is -3.12. The quantitative estimate of drug-likeness (QED) is 0.855. The van der Waals surface area contributed by atoms with E-state index < -0.39 is 0 Å². The molecule has 0 aliphatic heterocycles. The van der Waals surface area contributed by atoms with Crippen LogP contribution < -0.4 is 15.0 Å². The highest BCUT2D eigenvalue weighted by atomic mass is 16.5. The largest absolute Gasteiger partial charge is 0.495 e. The van der Waals surface area contributed by atoms with Crippen molar-refractivity contribution in [3.05, 3.63) is 59.2 Å². The van der Waals surface area contributed by atoms with Gasteiger partial charge in [0, 0.05) is 5.56 Å². The average Bonchev–Trinajstić information content (AvgIpc) is 2.57. The van der Waals surface area contributed by atoms with Crippen LogP contribution in [0.5, 0.6) is 5.75 Å². The molecule has 0 bridgehead atoms. The smallest absolute Gasteiger partial charge is 0.282 e. The van der Waals surface area contributed by atoms with Crippen LogP contribution in [0.2, 0.25) is 0 Å². The van der Waals surface area contributed by atoms with Crippen LogP contribution in [0.15, 0.2) is 42.5 Å². The number of benzene rings is 2. The number of likely N-dealkylation sites (N-methyl/N-ethyl adjacent to an activating group) is 1. The number of rotatable bonds is 6. The lowest BCUT2D eigenvalue weighted by molar-refractivity contribution is -0.907. The van der Waals surface area contributed by atoms with Gasteiger partial charge in [-0.3, -0.25) is 4.79 Å². The number of para-hydroxylation sites is 2. The summed E-state index contributed by atoms with van der Waals surface area (Å²) in [6, 6.07) is 13.7. The number of amides is 1. The van der Waals surface area contributed by atoms with Crippen molar-refractivity contribution < 1.29 is 14.4 Å². The highest BCUT2D eigenvalue weighted by molar-refractivity contribution is 5.94. The molecule has 0 aromatic heterocycles. The third kappa shape index (κ3) is 4.36. The fourth-order valence-corrected chi connectivity index (χ4v) is 2.71. The van der Waals surface area contributed by atoms with Gasteiger partial charge in [-0.05, 0) is 38.5 Å². The molecular weight excluding hydrogens is 300 g/mol. The van der Waals surface area contributed by atoms with Gasteiger partial charge in [0.1, 0.15) is 12.3 Å². The molecule has 128 valence electrons. The molecule has 24 heavy (non-hydrogen) atoms. The Hall–Kier alpha value is -2.33. The van der Waals surface area contributed by atoms with Crippen molar-refractivity contribution in [3.63, 3.8) is 0 Å². The van der Waals surface area contributed by atoms with Gasteiger partial charge in [0.15, 0.2) is 6.04 Å². The molecule has 0 saturated carbocycles. The zero-order valence-corrected chi connectivity index (χ0v) is 15.1. The Labute approximate surface area is 144 Å². The molecule has 2 atom stereocenters. The minimum absolute atomic E-state index is 0.0123. The normalized spacial score (nSPS) is 13.2. The number of carbonyl (C=O) groups is 1. The zero-order valence-electron chi connectivity index (χ0n) is 15.1. The summed E-state index contributed by atoms with van der Waals surface area (Å²) in [5.74, 6) is 0.659. The molecule has 0 spiro atoms. The highest BCUT2D eigenvalue weighted by Crippen LogP contribution is 2.22. The molecule has 0 heterocycles. The van der Waals surface area contributed by atoms with Gasteiger partial charge in [-0.15, -0.1) is 0 Å². The third-order valence-electron chi connectivity index (χ3n) is 4.46. The summed E-state index contributed by atoms with van der Waals surface area (Å²) in [4.78, 5) is 13.7. The van der Waals surface area contributed by atoms with Crippen molar-refractivity contribution in [3.8, 4) is 5.75 Å².